The summed E-state index contributed by atoms with van der Waals surface area (Å²) in [6, 6.07) is 30.0. The molecule has 0 spiro atoms. The van der Waals surface area contributed by atoms with E-state index in [0.29, 0.717) is 42.4 Å². The average Bonchev–Trinajstić information content (AvgIpc) is 3.04. The monoisotopic (exact) mass is 728 g/mol. The summed E-state index contributed by atoms with van der Waals surface area (Å²) in [6.07, 6.45) is 1.49. The summed E-state index contributed by atoms with van der Waals surface area (Å²) < 4.78 is 12.5. The van der Waals surface area contributed by atoms with Crippen molar-refractivity contribution < 1.29 is 23.9 Å². The van der Waals surface area contributed by atoms with E-state index in [9.17, 15) is 14.4 Å². The number of benzene rings is 5. The molecule has 1 aliphatic heterocycles. The normalized spacial score (nSPS) is 14.4. The zero-order chi connectivity index (χ0) is 31.7. The zero-order valence-corrected chi connectivity index (χ0v) is 27.2. The largest absolute Gasteiger partial charge is 0.493 e. The van der Waals surface area contributed by atoms with E-state index >= 15 is 0 Å². The van der Waals surface area contributed by atoms with Crippen LogP contribution in [0.3, 0.4) is 0 Å². The number of barbiturate groups is 1. The van der Waals surface area contributed by atoms with E-state index in [1.165, 1.54) is 13.2 Å². The van der Waals surface area contributed by atoms with Crippen molar-refractivity contribution in [1.29, 1.82) is 0 Å². The van der Waals surface area contributed by atoms with Gasteiger partial charge in [-0.3, -0.25) is 9.59 Å². The molecule has 7 nitrogen and oxygen atoms in total. The Morgan fingerprint density at radius 2 is 1.51 bits per heavy atom. The predicted molar refractivity (Wildman–Crippen MR) is 185 cm³/mol. The highest BCUT2D eigenvalue weighted by Gasteiger charge is 2.44. The van der Waals surface area contributed by atoms with Gasteiger partial charge in [-0.1, -0.05) is 77.8 Å². The minimum absolute atomic E-state index is 0.171. The SMILES string of the molecule is COc1cc(/C=C2\C(=O)N(c3ccc(C)cc3)C(=O)N(c3cccc4ccccc34)C2=O)cc(I)c1OCc1ccc(Cl)cc1. The summed E-state index contributed by atoms with van der Waals surface area (Å²) in [5, 5.41) is 2.20. The van der Waals surface area contributed by atoms with Gasteiger partial charge >= 0.3 is 6.03 Å². The topological polar surface area (TPSA) is 76.2 Å². The fraction of sp³-hybridized carbons (Fsp3) is 0.0833. The van der Waals surface area contributed by atoms with Gasteiger partial charge in [0.05, 0.1) is 22.1 Å². The number of methoxy groups -OCH3 is 1. The highest BCUT2D eigenvalue weighted by molar-refractivity contribution is 14.1. The van der Waals surface area contributed by atoms with Crippen LogP contribution in [0.4, 0.5) is 16.2 Å². The van der Waals surface area contributed by atoms with Gasteiger partial charge in [-0.2, -0.15) is 0 Å². The van der Waals surface area contributed by atoms with Crippen LogP contribution in [0.5, 0.6) is 11.5 Å². The van der Waals surface area contributed by atoms with E-state index < -0.39 is 17.8 Å². The second-order valence-corrected chi connectivity index (χ2v) is 12.0. The van der Waals surface area contributed by atoms with Crippen molar-refractivity contribution in [2.24, 2.45) is 0 Å². The van der Waals surface area contributed by atoms with E-state index in [-0.39, 0.29) is 12.2 Å². The number of nitrogens with zero attached hydrogens (tertiary/aromatic N) is 2. The first-order valence-corrected chi connectivity index (χ1v) is 15.4. The molecular formula is C36H26ClIN2O5. The summed E-state index contributed by atoms with van der Waals surface area (Å²) in [7, 11) is 1.52. The molecule has 1 aliphatic rings. The second-order valence-electron chi connectivity index (χ2n) is 10.4. The number of halogens is 2. The molecule has 0 radical (unpaired) electrons. The number of hydrogen-bond acceptors (Lipinski definition) is 5. The molecule has 1 saturated heterocycles. The Morgan fingerprint density at radius 1 is 0.822 bits per heavy atom. The molecule has 1 fully saturated rings. The highest BCUT2D eigenvalue weighted by Crippen LogP contribution is 2.37. The lowest BCUT2D eigenvalue weighted by Gasteiger charge is -2.34. The summed E-state index contributed by atoms with van der Waals surface area (Å²) in [5.41, 5.74) is 3.00. The quantitative estimate of drug-likeness (QED) is 0.0954. The molecule has 0 unspecified atom stereocenters. The molecule has 0 aliphatic carbocycles. The first-order chi connectivity index (χ1) is 21.7. The number of aryl methyl sites for hydroxylation is 1. The lowest BCUT2D eigenvalue weighted by molar-refractivity contribution is -0.121. The molecule has 5 aromatic rings. The van der Waals surface area contributed by atoms with Gasteiger partial charge < -0.3 is 9.47 Å². The maximum Gasteiger partial charge on any atom is 0.343 e. The third-order valence-corrected chi connectivity index (χ3v) is 8.46. The van der Waals surface area contributed by atoms with E-state index in [4.69, 9.17) is 21.1 Å². The van der Waals surface area contributed by atoms with Gasteiger partial charge in [-0.05, 0) is 94.6 Å². The van der Waals surface area contributed by atoms with Crippen LogP contribution in [0.25, 0.3) is 16.8 Å². The van der Waals surface area contributed by atoms with Crippen molar-refractivity contribution in [3.8, 4) is 11.5 Å². The van der Waals surface area contributed by atoms with Crippen molar-refractivity contribution in [3.05, 3.63) is 134 Å². The van der Waals surface area contributed by atoms with E-state index in [2.05, 4.69) is 22.6 Å². The van der Waals surface area contributed by atoms with Crippen LogP contribution in [0, 0.1) is 10.5 Å². The first-order valence-electron chi connectivity index (χ1n) is 14.0. The zero-order valence-electron chi connectivity index (χ0n) is 24.3. The number of carbonyl (C=O) groups is 3. The molecular weight excluding hydrogens is 703 g/mol. The smallest absolute Gasteiger partial charge is 0.343 e. The van der Waals surface area contributed by atoms with E-state index in [1.54, 1.807) is 48.5 Å². The Kier molecular flexibility index (Phi) is 8.60. The maximum atomic E-state index is 14.1. The number of carbonyl (C=O) groups excluding carboxylic acids is 3. The van der Waals surface area contributed by atoms with Crippen LogP contribution in [-0.2, 0) is 16.2 Å². The maximum absolute atomic E-state index is 14.1. The van der Waals surface area contributed by atoms with Gasteiger partial charge in [0.1, 0.15) is 12.2 Å². The molecule has 224 valence electrons. The lowest BCUT2D eigenvalue weighted by atomic mass is 10.0. The predicted octanol–water partition coefficient (Wildman–Crippen LogP) is 8.58. The molecule has 5 aromatic carbocycles. The number of anilines is 2. The summed E-state index contributed by atoms with van der Waals surface area (Å²) in [5.74, 6) is -0.495. The Hall–Kier alpha value is -4.67. The van der Waals surface area contributed by atoms with Crippen molar-refractivity contribution in [1.82, 2.24) is 0 Å². The fourth-order valence-electron chi connectivity index (χ4n) is 5.13. The highest BCUT2D eigenvalue weighted by atomic mass is 127. The third kappa shape index (κ3) is 6.03. The molecule has 9 heteroatoms. The second kappa shape index (κ2) is 12.7. The minimum Gasteiger partial charge on any atom is -0.493 e. The lowest BCUT2D eigenvalue weighted by Crippen LogP contribution is -2.57. The fourth-order valence-corrected chi connectivity index (χ4v) is 6.04. The number of hydrogen-bond donors (Lipinski definition) is 0. The number of fused-ring (bicyclic) bond motifs is 1. The number of ether oxygens (including phenoxy) is 2. The number of urea groups is 1. The molecule has 1 heterocycles. The molecule has 0 atom stereocenters. The van der Waals surface area contributed by atoms with Crippen molar-refractivity contribution >= 4 is 80.3 Å². The molecule has 0 N–H and O–H groups in total. The van der Waals surface area contributed by atoms with Gasteiger partial charge in [-0.15, -0.1) is 0 Å². The number of imide groups is 2. The molecule has 0 saturated carbocycles. The molecule has 45 heavy (non-hydrogen) atoms. The molecule has 4 amide bonds. The van der Waals surface area contributed by atoms with Crippen LogP contribution in [-0.4, -0.2) is 25.0 Å². The Bertz CT molecular complexity index is 1990. The van der Waals surface area contributed by atoms with Gasteiger partial charge in [-0.25, -0.2) is 14.6 Å². The number of rotatable bonds is 7. The number of amides is 4. The average molecular weight is 729 g/mol. The van der Waals surface area contributed by atoms with Gasteiger partial charge in [0.15, 0.2) is 11.5 Å². The Labute approximate surface area is 278 Å². The summed E-state index contributed by atoms with van der Waals surface area (Å²) in [4.78, 5) is 44.3. The summed E-state index contributed by atoms with van der Waals surface area (Å²) in [6.45, 7) is 2.20. The Morgan fingerprint density at radius 3 is 2.24 bits per heavy atom. The van der Waals surface area contributed by atoms with Crippen molar-refractivity contribution in [3.63, 3.8) is 0 Å². The van der Waals surface area contributed by atoms with Crippen LogP contribution in [0.15, 0.2) is 109 Å². The van der Waals surface area contributed by atoms with Crippen LogP contribution in [0.2, 0.25) is 5.02 Å². The molecule has 0 aromatic heterocycles. The van der Waals surface area contributed by atoms with Crippen molar-refractivity contribution in [2.75, 3.05) is 16.9 Å². The van der Waals surface area contributed by atoms with Gasteiger partial charge in [0.25, 0.3) is 11.8 Å². The standard InChI is InChI=1S/C36H26ClIN2O5/c1-22-10-16-27(17-11-22)39-34(41)29(35(42)40(36(39)43)31-9-5-7-25-6-3-4-8-28(25)31)18-24-19-30(38)33(32(20-24)44-2)45-21-23-12-14-26(37)15-13-23/h3-20H,21H2,1-2H3/b29-18+. The van der Waals surface area contributed by atoms with E-state index in [0.717, 1.165) is 26.3 Å². The van der Waals surface area contributed by atoms with Crippen LogP contribution < -0.4 is 19.3 Å². The van der Waals surface area contributed by atoms with Gasteiger partial charge in [0, 0.05) is 10.4 Å². The van der Waals surface area contributed by atoms with Crippen LogP contribution >= 0.6 is 34.2 Å². The first kappa shape index (κ1) is 30.4. The van der Waals surface area contributed by atoms with Gasteiger partial charge in [0.2, 0.25) is 0 Å². The molecule has 6 rings (SSSR count). The molecule has 0 bridgehead atoms. The van der Waals surface area contributed by atoms with Crippen LogP contribution in [0.1, 0.15) is 16.7 Å². The Balaban J connectivity index is 1.43. The summed E-state index contributed by atoms with van der Waals surface area (Å²) >= 11 is 8.14. The van der Waals surface area contributed by atoms with Crippen molar-refractivity contribution in [2.45, 2.75) is 13.5 Å². The minimum atomic E-state index is -0.750. The van der Waals surface area contributed by atoms with E-state index in [1.807, 2.05) is 61.5 Å². The third-order valence-electron chi connectivity index (χ3n) is 7.41.